The molecule has 0 saturated carbocycles. The molecule has 0 bridgehead atoms. The molecular weight excluding hydrogens is 266 g/mol. The van der Waals surface area contributed by atoms with Gasteiger partial charge in [-0.25, -0.2) is 9.97 Å². The first kappa shape index (κ1) is 15.0. The number of Topliss-reactive ketones (excluding diaryl/α,β-unsaturated/α-hetero) is 1. The molecule has 110 valence electrons. The van der Waals surface area contributed by atoms with Crippen molar-refractivity contribution in [1.29, 1.82) is 0 Å². The molecule has 0 aliphatic carbocycles. The Kier molecular flexibility index (Phi) is 5.31. The van der Waals surface area contributed by atoms with Crippen LogP contribution in [0.5, 0.6) is 0 Å². The Balaban J connectivity index is 1.79. The average Bonchev–Trinajstić information content (AvgIpc) is 2.48. The van der Waals surface area contributed by atoms with Gasteiger partial charge in [0.15, 0.2) is 18.2 Å². The minimum atomic E-state index is 0.216. The summed E-state index contributed by atoms with van der Waals surface area (Å²) < 4.78 is 1.88. The van der Waals surface area contributed by atoms with Crippen molar-refractivity contribution in [3.05, 3.63) is 42.7 Å². The molecule has 0 amide bonds. The van der Waals surface area contributed by atoms with Crippen LogP contribution in [0.1, 0.15) is 18.7 Å². The normalized spacial score (nSPS) is 10.4. The monoisotopic (exact) mass is 286 g/mol. The fourth-order valence-corrected chi connectivity index (χ4v) is 1.92. The molecule has 21 heavy (non-hydrogen) atoms. The maximum atomic E-state index is 11.9. The van der Waals surface area contributed by atoms with Gasteiger partial charge in [-0.2, -0.15) is 9.55 Å². The van der Waals surface area contributed by atoms with Crippen molar-refractivity contribution in [3.8, 4) is 0 Å². The minimum Gasteiger partial charge on any atom is -0.347 e. The summed E-state index contributed by atoms with van der Waals surface area (Å²) in [6, 6.07) is 5.77. The van der Waals surface area contributed by atoms with Crippen molar-refractivity contribution in [3.63, 3.8) is 0 Å². The summed E-state index contributed by atoms with van der Waals surface area (Å²) in [6.07, 6.45) is 7.28. The lowest BCUT2D eigenvalue weighted by atomic mass is 10.1. The highest BCUT2D eigenvalue weighted by Crippen LogP contribution is 2.04. The smallest absolute Gasteiger partial charge is 0.228 e. The van der Waals surface area contributed by atoms with Crippen molar-refractivity contribution >= 4 is 11.7 Å². The van der Waals surface area contributed by atoms with E-state index in [-0.39, 0.29) is 5.78 Å². The van der Waals surface area contributed by atoms with Crippen LogP contribution in [-0.2, 0) is 17.8 Å². The predicted molar refractivity (Wildman–Crippen MR) is 78.7 cm³/mol. The number of rotatable bonds is 7. The lowest BCUT2D eigenvalue weighted by molar-refractivity contribution is -0.684. The zero-order valence-electron chi connectivity index (χ0n) is 12.4. The first-order chi connectivity index (χ1) is 10.1. The van der Waals surface area contributed by atoms with Crippen LogP contribution >= 0.6 is 0 Å². The first-order valence-electron chi connectivity index (χ1n) is 6.96. The number of aryl methyl sites for hydroxylation is 1. The van der Waals surface area contributed by atoms with Crippen molar-refractivity contribution < 1.29 is 9.36 Å². The Hall–Kier alpha value is -2.37. The molecule has 2 heterocycles. The number of anilines is 1. The Morgan fingerprint density at radius 2 is 1.95 bits per heavy atom. The van der Waals surface area contributed by atoms with Gasteiger partial charge in [0.2, 0.25) is 12.5 Å². The van der Waals surface area contributed by atoms with Gasteiger partial charge in [-0.1, -0.05) is 6.07 Å². The first-order valence-corrected chi connectivity index (χ1v) is 6.96. The van der Waals surface area contributed by atoms with Gasteiger partial charge in [-0.15, -0.1) is 0 Å². The average molecular weight is 286 g/mol. The molecule has 2 aromatic rings. The molecule has 6 nitrogen and oxygen atoms in total. The largest absolute Gasteiger partial charge is 0.347 e. The molecule has 0 N–H and O–H groups in total. The summed E-state index contributed by atoms with van der Waals surface area (Å²) in [6.45, 7) is 0.418. The van der Waals surface area contributed by atoms with Gasteiger partial charge in [0.05, 0.1) is 0 Å². The van der Waals surface area contributed by atoms with E-state index in [1.54, 1.807) is 0 Å². The highest BCUT2D eigenvalue weighted by atomic mass is 16.1. The van der Waals surface area contributed by atoms with Crippen molar-refractivity contribution in [2.75, 3.05) is 19.0 Å². The van der Waals surface area contributed by atoms with Gasteiger partial charge in [-0.05, 0) is 6.42 Å². The van der Waals surface area contributed by atoms with Crippen molar-refractivity contribution in [2.24, 2.45) is 0 Å². The second kappa shape index (κ2) is 7.42. The third-order valence-electron chi connectivity index (χ3n) is 3.00. The molecular formula is C15H20N5O+. The summed E-state index contributed by atoms with van der Waals surface area (Å²) in [7, 11) is 3.78. The second-order valence-corrected chi connectivity index (χ2v) is 5.04. The highest BCUT2D eigenvalue weighted by molar-refractivity contribution is 5.76. The molecule has 0 fully saturated rings. The van der Waals surface area contributed by atoms with E-state index in [1.165, 1.54) is 6.33 Å². The zero-order valence-corrected chi connectivity index (χ0v) is 12.4. The van der Waals surface area contributed by atoms with Crippen molar-refractivity contribution in [2.45, 2.75) is 25.8 Å². The SMILES string of the molecule is CN(C)c1ncnc(CCCC(=O)C[n+]2ccccc2)n1. The van der Waals surface area contributed by atoms with Gasteiger partial charge < -0.3 is 4.90 Å². The maximum Gasteiger partial charge on any atom is 0.228 e. The summed E-state index contributed by atoms with van der Waals surface area (Å²) in [4.78, 5) is 26.3. The number of nitrogens with zero attached hydrogens (tertiary/aromatic N) is 5. The Morgan fingerprint density at radius 3 is 2.67 bits per heavy atom. The van der Waals surface area contributed by atoms with E-state index in [0.29, 0.717) is 25.3 Å². The Bertz CT molecular complexity index is 586. The van der Waals surface area contributed by atoms with Crippen molar-refractivity contribution in [1.82, 2.24) is 15.0 Å². The topological polar surface area (TPSA) is 62.9 Å². The summed E-state index contributed by atoms with van der Waals surface area (Å²) in [5.74, 6) is 1.59. The molecule has 6 heteroatoms. The summed E-state index contributed by atoms with van der Waals surface area (Å²) in [5, 5.41) is 0. The van der Waals surface area contributed by atoms with Gasteiger partial charge in [0.1, 0.15) is 12.2 Å². The van der Waals surface area contributed by atoms with E-state index in [9.17, 15) is 4.79 Å². The number of ketones is 1. The predicted octanol–water partition coefficient (Wildman–Crippen LogP) is 0.817. The van der Waals surface area contributed by atoms with Gasteiger partial charge >= 0.3 is 0 Å². The van der Waals surface area contributed by atoms with E-state index in [2.05, 4.69) is 15.0 Å². The standard InChI is InChI=1S/C15H20N5O/c1-19(2)15-17-12-16-14(18-15)8-6-7-13(21)11-20-9-4-3-5-10-20/h3-5,9-10,12H,6-8,11H2,1-2H3/q+1. The van der Waals surface area contributed by atoms with E-state index >= 15 is 0 Å². The fraction of sp³-hybridized carbons (Fsp3) is 0.400. The van der Waals surface area contributed by atoms with Crippen LogP contribution in [0, 0.1) is 0 Å². The molecule has 0 aromatic carbocycles. The third kappa shape index (κ3) is 4.91. The number of hydrogen-bond acceptors (Lipinski definition) is 5. The van der Waals surface area contributed by atoms with Crippen LogP contribution in [-0.4, -0.2) is 34.8 Å². The van der Waals surface area contributed by atoms with E-state index in [0.717, 1.165) is 12.2 Å². The lowest BCUT2D eigenvalue weighted by Gasteiger charge is -2.09. The zero-order chi connectivity index (χ0) is 15.1. The van der Waals surface area contributed by atoms with Crippen LogP contribution < -0.4 is 9.47 Å². The van der Waals surface area contributed by atoms with Crippen LogP contribution in [0.2, 0.25) is 0 Å². The van der Waals surface area contributed by atoms with Gasteiger partial charge in [0, 0.05) is 39.1 Å². The Morgan fingerprint density at radius 1 is 1.19 bits per heavy atom. The van der Waals surface area contributed by atoms with Crippen LogP contribution in [0.25, 0.3) is 0 Å². The van der Waals surface area contributed by atoms with Crippen LogP contribution in [0.15, 0.2) is 36.9 Å². The molecule has 0 spiro atoms. The molecule has 2 aromatic heterocycles. The Labute approximate surface area is 124 Å². The molecule has 2 rings (SSSR count). The highest BCUT2D eigenvalue weighted by Gasteiger charge is 2.09. The number of carbonyl (C=O) groups is 1. The van der Waals surface area contributed by atoms with E-state index in [1.807, 2.05) is 54.2 Å². The lowest BCUT2D eigenvalue weighted by Crippen LogP contribution is -2.36. The molecule has 0 unspecified atom stereocenters. The summed E-state index contributed by atoms with van der Waals surface area (Å²) >= 11 is 0. The van der Waals surface area contributed by atoms with Crippen LogP contribution in [0.3, 0.4) is 0 Å². The van der Waals surface area contributed by atoms with Crippen LogP contribution in [0.4, 0.5) is 5.95 Å². The third-order valence-corrected chi connectivity index (χ3v) is 3.00. The molecule has 0 saturated heterocycles. The fourth-order valence-electron chi connectivity index (χ4n) is 1.92. The molecule has 0 aliphatic rings. The second-order valence-electron chi connectivity index (χ2n) is 5.04. The summed E-state index contributed by atoms with van der Waals surface area (Å²) in [5.41, 5.74) is 0. The minimum absolute atomic E-state index is 0.216. The maximum absolute atomic E-state index is 11.9. The van der Waals surface area contributed by atoms with Gasteiger partial charge in [-0.3, -0.25) is 4.79 Å². The van der Waals surface area contributed by atoms with E-state index in [4.69, 9.17) is 0 Å². The number of aromatic nitrogens is 4. The number of pyridine rings is 1. The molecule has 0 radical (unpaired) electrons. The molecule has 0 atom stereocenters. The number of carbonyl (C=O) groups excluding carboxylic acids is 1. The quantitative estimate of drug-likeness (QED) is 0.705. The van der Waals surface area contributed by atoms with E-state index < -0.39 is 0 Å². The number of hydrogen-bond donors (Lipinski definition) is 0. The molecule has 0 aliphatic heterocycles. The van der Waals surface area contributed by atoms with Gasteiger partial charge in [0.25, 0.3) is 0 Å².